The Hall–Kier alpha value is -2.30. The third-order valence-corrected chi connectivity index (χ3v) is 5.02. The van der Waals surface area contributed by atoms with Gasteiger partial charge in [0.1, 0.15) is 5.92 Å². The number of nitrogens with zero attached hydrogens (tertiary/aromatic N) is 1. The molecule has 0 unspecified atom stereocenters. The fraction of sp³-hybridized carbons (Fsp3) is 0.368. The van der Waals surface area contributed by atoms with Gasteiger partial charge in [-0.2, -0.15) is 0 Å². The van der Waals surface area contributed by atoms with Crippen molar-refractivity contribution in [3.05, 3.63) is 48.2 Å². The van der Waals surface area contributed by atoms with Crippen molar-refractivity contribution in [1.29, 1.82) is 0 Å². The number of alkyl halides is 2. The molecule has 4 rings (SSSR count). The number of halogens is 2. The number of benzene rings is 1. The molecular formula is C19H18F2N2O. The molecule has 1 heterocycles. The van der Waals surface area contributed by atoms with Crippen molar-refractivity contribution in [3.63, 3.8) is 0 Å². The summed E-state index contributed by atoms with van der Waals surface area (Å²) in [6, 6.07) is 11.3. The first-order chi connectivity index (χ1) is 11.4. The van der Waals surface area contributed by atoms with Gasteiger partial charge in [0.2, 0.25) is 5.91 Å². The topological polar surface area (TPSA) is 42.0 Å². The fourth-order valence-electron chi connectivity index (χ4n) is 3.07. The predicted octanol–water partition coefficient (Wildman–Crippen LogP) is 4.39. The highest BCUT2D eigenvalue weighted by Crippen LogP contribution is 2.51. The van der Waals surface area contributed by atoms with Crippen LogP contribution in [0, 0.1) is 5.92 Å². The van der Waals surface area contributed by atoms with E-state index in [1.54, 1.807) is 12.3 Å². The maximum Gasteiger partial charge on any atom is 0.260 e. The molecule has 5 heteroatoms. The van der Waals surface area contributed by atoms with Crippen molar-refractivity contribution < 1.29 is 13.6 Å². The molecular weight excluding hydrogens is 310 g/mol. The van der Waals surface area contributed by atoms with Crippen LogP contribution in [-0.2, 0) is 10.2 Å². The van der Waals surface area contributed by atoms with Crippen LogP contribution in [0.1, 0.15) is 31.7 Å². The number of carbonyl (C=O) groups excluding carboxylic acids is 1. The second-order valence-corrected chi connectivity index (χ2v) is 7.04. The van der Waals surface area contributed by atoms with Crippen LogP contribution in [0.15, 0.2) is 42.6 Å². The van der Waals surface area contributed by atoms with E-state index in [1.807, 2.05) is 30.3 Å². The lowest BCUT2D eigenvalue weighted by Gasteiger charge is -2.17. The van der Waals surface area contributed by atoms with Gasteiger partial charge in [-0.25, -0.2) is 8.78 Å². The summed E-state index contributed by atoms with van der Waals surface area (Å²) in [5, 5.41) is 2.62. The molecule has 2 aliphatic carbocycles. The van der Waals surface area contributed by atoms with Gasteiger partial charge in [0.25, 0.3) is 5.92 Å². The molecule has 0 saturated heterocycles. The van der Waals surface area contributed by atoms with Crippen LogP contribution in [0.25, 0.3) is 11.3 Å². The minimum absolute atomic E-state index is 0.138. The molecule has 0 spiro atoms. The molecule has 0 aliphatic heterocycles. The number of hydrogen-bond donors (Lipinski definition) is 1. The molecule has 0 radical (unpaired) electrons. The average molecular weight is 328 g/mol. The summed E-state index contributed by atoms with van der Waals surface area (Å²) >= 11 is 0. The molecule has 1 N–H and O–H groups in total. The predicted molar refractivity (Wildman–Crippen MR) is 87.9 cm³/mol. The van der Waals surface area contributed by atoms with Crippen molar-refractivity contribution in [1.82, 2.24) is 4.98 Å². The van der Waals surface area contributed by atoms with E-state index in [-0.39, 0.29) is 11.8 Å². The third-order valence-electron chi connectivity index (χ3n) is 5.02. The van der Waals surface area contributed by atoms with Crippen molar-refractivity contribution >= 4 is 11.6 Å². The van der Waals surface area contributed by atoms with E-state index >= 15 is 0 Å². The molecule has 24 heavy (non-hydrogen) atoms. The molecule has 2 aromatic rings. The van der Waals surface area contributed by atoms with Crippen molar-refractivity contribution in [2.75, 3.05) is 5.32 Å². The molecule has 3 nitrogen and oxygen atoms in total. The van der Waals surface area contributed by atoms with Crippen LogP contribution in [0.2, 0.25) is 0 Å². The van der Waals surface area contributed by atoms with E-state index in [9.17, 15) is 13.6 Å². The number of rotatable bonds is 4. The Morgan fingerprint density at radius 2 is 2.00 bits per heavy atom. The van der Waals surface area contributed by atoms with Gasteiger partial charge in [0.05, 0.1) is 5.69 Å². The lowest BCUT2D eigenvalue weighted by atomic mass is 9.91. The maximum atomic E-state index is 13.1. The molecule has 0 bridgehead atoms. The SMILES string of the molecule is CC1(c2ccc(NC(=O)[C@H]3CC3(F)F)cc2-c2ccccn2)CC1. The Balaban J connectivity index is 1.67. The summed E-state index contributed by atoms with van der Waals surface area (Å²) in [4.78, 5) is 16.3. The summed E-state index contributed by atoms with van der Waals surface area (Å²) in [6.45, 7) is 2.21. The second-order valence-electron chi connectivity index (χ2n) is 7.04. The van der Waals surface area contributed by atoms with Gasteiger partial charge in [-0.3, -0.25) is 9.78 Å². The van der Waals surface area contributed by atoms with E-state index < -0.39 is 17.7 Å². The molecule has 2 fully saturated rings. The first kappa shape index (κ1) is 15.2. The number of carbonyl (C=O) groups is 1. The lowest BCUT2D eigenvalue weighted by Crippen LogP contribution is -2.17. The van der Waals surface area contributed by atoms with Gasteiger partial charge in [0, 0.05) is 23.9 Å². The van der Waals surface area contributed by atoms with E-state index in [0.717, 1.165) is 24.1 Å². The standard InChI is InChI=1S/C19H18F2N2O/c1-18(7-8-18)14-6-5-12(23-17(24)15-11-19(15,20)21)10-13(14)16-4-2-3-9-22-16/h2-6,9-10,15H,7-8,11H2,1H3,(H,23,24)/t15-/m1/s1. The van der Waals surface area contributed by atoms with Gasteiger partial charge < -0.3 is 5.32 Å². The molecule has 1 aromatic carbocycles. The highest BCUT2D eigenvalue weighted by Gasteiger charge is 2.61. The second kappa shape index (κ2) is 5.10. The Bertz CT molecular complexity index is 800. The van der Waals surface area contributed by atoms with Gasteiger partial charge in [-0.05, 0) is 48.1 Å². The van der Waals surface area contributed by atoms with Crippen molar-refractivity contribution in [2.45, 2.75) is 37.5 Å². The quantitative estimate of drug-likeness (QED) is 0.904. The summed E-state index contributed by atoms with van der Waals surface area (Å²) < 4.78 is 26.1. The molecule has 2 aliphatic rings. The summed E-state index contributed by atoms with van der Waals surface area (Å²) in [5.41, 5.74) is 3.65. The van der Waals surface area contributed by atoms with E-state index in [0.29, 0.717) is 5.69 Å². The van der Waals surface area contributed by atoms with E-state index in [1.165, 1.54) is 5.56 Å². The first-order valence-corrected chi connectivity index (χ1v) is 8.14. The van der Waals surface area contributed by atoms with Crippen LogP contribution in [0.4, 0.5) is 14.5 Å². The minimum atomic E-state index is -2.85. The van der Waals surface area contributed by atoms with Crippen LogP contribution in [0.3, 0.4) is 0 Å². The van der Waals surface area contributed by atoms with Crippen molar-refractivity contribution in [3.8, 4) is 11.3 Å². The summed E-state index contributed by atoms with van der Waals surface area (Å²) in [7, 11) is 0. The zero-order chi connectivity index (χ0) is 16.9. The zero-order valence-corrected chi connectivity index (χ0v) is 13.4. The van der Waals surface area contributed by atoms with Crippen LogP contribution in [-0.4, -0.2) is 16.8 Å². The Morgan fingerprint density at radius 3 is 2.58 bits per heavy atom. The lowest BCUT2D eigenvalue weighted by molar-refractivity contribution is -0.119. The van der Waals surface area contributed by atoms with Gasteiger partial charge in [0.15, 0.2) is 0 Å². The van der Waals surface area contributed by atoms with E-state index in [4.69, 9.17) is 0 Å². The summed E-state index contributed by atoms with van der Waals surface area (Å²) in [5.74, 6) is -4.66. The smallest absolute Gasteiger partial charge is 0.260 e. The average Bonchev–Trinajstić information content (AvgIpc) is 3.46. The maximum absolute atomic E-state index is 13.1. The molecule has 1 aromatic heterocycles. The Labute approximate surface area is 139 Å². The third kappa shape index (κ3) is 2.68. The Morgan fingerprint density at radius 1 is 1.25 bits per heavy atom. The molecule has 2 saturated carbocycles. The highest BCUT2D eigenvalue weighted by atomic mass is 19.3. The van der Waals surface area contributed by atoms with Gasteiger partial charge in [-0.1, -0.05) is 19.1 Å². The van der Waals surface area contributed by atoms with Crippen LogP contribution < -0.4 is 5.32 Å². The van der Waals surface area contributed by atoms with Crippen molar-refractivity contribution in [2.24, 2.45) is 5.92 Å². The minimum Gasteiger partial charge on any atom is -0.326 e. The zero-order valence-electron chi connectivity index (χ0n) is 13.4. The first-order valence-electron chi connectivity index (χ1n) is 8.14. The van der Waals surface area contributed by atoms with E-state index in [2.05, 4.69) is 17.2 Å². The number of anilines is 1. The number of nitrogens with one attached hydrogen (secondary N) is 1. The van der Waals surface area contributed by atoms with Gasteiger partial charge in [-0.15, -0.1) is 0 Å². The number of pyridine rings is 1. The largest absolute Gasteiger partial charge is 0.326 e. The molecule has 1 atom stereocenters. The molecule has 124 valence electrons. The van der Waals surface area contributed by atoms with Gasteiger partial charge >= 0.3 is 0 Å². The van der Waals surface area contributed by atoms with Crippen LogP contribution in [0.5, 0.6) is 0 Å². The normalized spacial score (nSPS) is 22.7. The molecule has 1 amide bonds. The monoisotopic (exact) mass is 328 g/mol. The number of aromatic nitrogens is 1. The number of amides is 1. The van der Waals surface area contributed by atoms with Crippen LogP contribution >= 0.6 is 0 Å². The Kier molecular flexibility index (Phi) is 3.24. The summed E-state index contributed by atoms with van der Waals surface area (Å²) in [6.07, 6.45) is 3.60. The number of hydrogen-bond acceptors (Lipinski definition) is 2. The fourth-order valence-corrected chi connectivity index (χ4v) is 3.07. The highest BCUT2D eigenvalue weighted by molar-refractivity contribution is 5.96.